The second kappa shape index (κ2) is 10.2. The Kier molecular flexibility index (Phi) is 7.17. The average Bonchev–Trinajstić information content (AvgIpc) is 3.43. The van der Waals surface area contributed by atoms with Gasteiger partial charge < -0.3 is 19.4 Å². The summed E-state index contributed by atoms with van der Waals surface area (Å²) >= 11 is 7.46. The highest BCUT2D eigenvalue weighted by atomic mass is 35.5. The molecule has 0 spiro atoms. The van der Waals surface area contributed by atoms with Crippen molar-refractivity contribution in [2.75, 3.05) is 24.8 Å². The lowest BCUT2D eigenvalue weighted by Gasteiger charge is -2.16. The van der Waals surface area contributed by atoms with Crippen molar-refractivity contribution in [3.63, 3.8) is 0 Å². The van der Waals surface area contributed by atoms with E-state index in [0.29, 0.717) is 16.5 Å². The van der Waals surface area contributed by atoms with Crippen LogP contribution in [0.5, 0.6) is 5.75 Å². The summed E-state index contributed by atoms with van der Waals surface area (Å²) in [6, 6.07) is 15.3. The Hall–Kier alpha value is -2.48. The highest BCUT2D eigenvalue weighted by Gasteiger charge is 2.21. The van der Waals surface area contributed by atoms with Crippen LogP contribution in [0, 0.1) is 0 Å². The summed E-state index contributed by atoms with van der Waals surface area (Å²) in [6.45, 7) is 1.52. The van der Waals surface area contributed by atoms with Gasteiger partial charge in [0.05, 0.1) is 43.1 Å². The number of imidazole rings is 1. The van der Waals surface area contributed by atoms with E-state index < -0.39 is 0 Å². The predicted octanol–water partition coefficient (Wildman–Crippen LogP) is 5.12. The smallest absolute Gasteiger partial charge is 0.234 e. The highest BCUT2D eigenvalue weighted by Crippen LogP contribution is 2.30. The quantitative estimate of drug-likeness (QED) is 0.475. The van der Waals surface area contributed by atoms with Gasteiger partial charge in [-0.25, -0.2) is 4.98 Å². The molecule has 3 aromatic rings. The molecule has 0 bridgehead atoms. The van der Waals surface area contributed by atoms with Gasteiger partial charge in [-0.05, 0) is 36.6 Å². The molecular weight excluding hydrogens is 434 g/mol. The number of nitrogens with zero attached hydrogens (tertiary/aromatic N) is 2. The molecule has 0 aliphatic carbocycles. The summed E-state index contributed by atoms with van der Waals surface area (Å²) in [4.78, 5) is 17.2. The molecule has 0 radical (unpaired) electrons. The molecule has 1 unspecified atom stereocenters. The molecule has 8 heteroatoms. The Bertz CT molecular complexity index is 1040. The Morgan fingerprint density at radius 3 is 2.90 bits per heavy atom. The molecule has 0 saturated carbocycles. The van der Waals surface area contributed by atoms with Gasteiger partial charge in [0.2, 0.25) is 5.91 Å². The number of hydrogen-bond donors (Lipinski definition) is 1. The third kappa shape index (κ3) is 5.42. The SMILES string of the molecule is COc1ccc(Cl)cc1NC(=O)CSc1ncc(-c2ccccc2)n1CC1CCCO1. The second-order valence-corrected chi connectivity index (χ2v) is 8.60. The molecule has 4 rings (SSSR count). The zero-order chi connectivity index (χ0) is 21.6. The van der Waals surface area contributed by atoms with Crippen LogP contribution < -0.4 is 10.1 Å². The first-order valence-electron chi connectivity index (χ1n) is 10.1. The Morgan fingerprint density at radius 1 is 1.32 bits per heavy atom. The minimum Gasteiger partial charge on any atom is -0.495 e. The normalized spacial score (nSPS) is 15.7. The molecule has 1 N–H and O–H groups in total. The van der Waals surface area contributed by atoms with Gasteiger partial charge in [-0.3, -0.25) is 4.79 Å². The number of methoxy groups -OCH3 is 1. The average molecular weight is 458 g/mol. The highest BCUT2D eigenvalue weighted by molar-refractivity contribution is 7.99. The van der Waals surface area contributed by atoms with Crippen molar-refractivity contribution in [2.24, 2.45) is 0 Å². The van der Waals surface area contributed by atoms with Crippen LogP contribution in [0.15, 0.2) is 59.9 Å². The van der Waals surface area contributed by atoms with Gasteiger partial charge in [-0.1, -0.05) is 53.7 Å². The fourth-order valence-electron chi connectivity index (χ4n) is 3.58. The van der Waals surface area contributed by atoms with Crippen LogP contribution in [-0.2, 0) is 16.1 Å². The van der Waals surface area contributed by atoms with Gasteiger partial charge >= 0.3 is 0 Å². The van der Waals surface area contributed by atoms with Crippen molar-refractivity contribution >= 4 is 35.0 Å². The van der Waals surface area contributed by atoms with Crippen molar-refractivity contribution in [3.05, 3.63) is 59.8 Å². The molecule has 2 aromatic carbocycles. The molecule has 162 valence electrons. The van der Waals surface area contributed by atoms with E-state index in [1.54, 1.807) is 25.3 Å². The largest absolute Gasteiger partial charge is 0.495 e. The van der Waals surface area contributed by atoms with Gasteiger partial charge in [-0.2, -0.15) is 0 Å². The Labute approximate surface area is 190 Å². The number of carbonyl (C=O) groups is 1. The molecule has 31 heavy (non-hydrogen) atoms. The first-order valence-corrected chi connectivity index (χ1v) is 11.5. The third-order valence-electron chi connectivity index (χ3n) is 5.07. The van der Waals surface area contributed by atoms with E-state index in [9.17, 15) is 4.79 Å². The van der Waals surface area contributed by atoms with Crippen LogP contribution in [0.2, 0.25) is 5.02 Å². The number of anilines is 1. The molecule has 1 aliphatic rings. The number of aromatic nitrogens is 2. The predicted molar refractivity (Wildman–Crippen MR) is 124 cm³/mol. The lowest BCUT2D eigenvalue weighted by molar-refractivity contribution is -0.113. The number of amides is 1. The first-order chi connectivity index (χ1) is 15.1. The number of halogens is 1. The minimum atomic E-state index is -0.154. The maximum Gasteiger partial charge on any atom is 0.234 e. The number of nitrogens with one attached hydrogen (secondary N) is 1. The van der Waals surface area contributed by atoms with E-state index in [1.165, 1.54) is 11.8 Å². The number of thioether (sulfide) groups is 1. The molecule has 6 nitrogen and oxygen atoms in total. The van der Waals surface area contributed by atoms with Crippen molar-refractivity contribution in [3.8, 4) is 17.0 Å². The molecule has 1 fully saturated rings. The molecule has 1 atom stereocenters. The maximum absolute atomic E-state index is 12.6. The van der Waals surface area contributed by atoms with Crippen molar-refractivity contribution in [1.82, 2.24) is 9.55 Å². The van der Waals surface area contributed by atoms with Gasteiger partial charge in [0.25, 0.3) is 0 Å². The van der Waals surface area contributed by atoms with Crippen LogP contribution in [0.25, 0.3) is 11.3 Å². The molecule has 1 saturated heterocycles. The fourth-order valence-corrected chi connectivity index (χ4v) is 4.54. The van der Waals surface area contributed by atoms with Crippen LogP contribution in [0.3, 0.4) is 0 Å². The summed E-state index contributed by atoms with van der Waals surface area (Å²) in [5.41, 5.74) is 2.66. The first kappa shape index (κ1) is 21.7. The molecule has 2 heterocycles. The zero-order valence-electron chi connectivity index (χ0n) is 17.2. The summed E-state index contributed by atoms with van der Waals surface area (Å²) < 4.78 is 13.3. The topological polar surface area (TPSA) is 65.4 Å². The zero-order valence-corrected chi connectivity index (χ0v) is 18.8. The van der Waals surface area contributed by atoms with Gasteiger partial charge in [0.15, 0.2) is 5.16 Å². The fraction of sp³-hybridized carbons (Fsp3) is 0.304. The van der Waals surface area contributed by atoms with E-state index in [2.05, 4.69) is 27.0 Å². The van der Waals surface area contributed by atoms with Gasteiger partial charge in [0.1, 0.15) is 5.75 Å². The third-order valence-corrected chi connectivity index (χ3v) is 6.29. The number of ether oxygens (including phenoxy) is 2. The lowest BCUT2D eigenvalue weighted by atomic mass is 10.1. The second-order valence-electron chi connectivity index (χ2n) is 7.22. The van der Waals surface area contributed by atoms with Crippen molar-refractivity contribution in [2.45, 2.75) is 30.6 Å². The van der Waals surface area contributed by atoms with E-state index in [0.717, 1.165) is 42.4 Å². The monoisotopic (exact) mass is 457 g/mol. The number of carbonyl (C=O) groups excluding carboxylic acids is 1. The number of hydrogen-bond acceptors (Lipinski definition) is 5. The maximum atomic E-state index is 12.6. The minimum absolute atomic E-state index is 0.154. The molecular formula is C23H24ClN3O3S. The van der Waals surface area contributed by atoms with E-state index >= 15 is 0 Å². The standard InChI is InChI=1S/C23H24ClN3O3S/c1-29-21-10-9-17(24)12-19(21)26-22(28)15-31-23-25-13-20(16-6-3-2-4-7-16)27(23)14-18-8-5-11-30-18/h2-4,6-7,9-10,12-13,18H,5,8,11,14-15H2,1H3,(H,26,28). The molecule has 1 aliphatic heterocycles. The summed E-state index contributed by atoms with van der Waals surface area (Å²) in [5, 5.41) is 4.20. The van der Waals surface area contributed by atoms with E-state index in [1.807, 2.05) is 24.4 Å². The van der Waals surface area contributed by atoms with Gasteiger partial charge in [-0.15, -0.1) is 0 Å². The number of benzene rings is 2. The molecule has 1 amide bonds. The number of rotatable bonds is 8. The molecule has 1 aromatic heterocycles. The van der Waals surface area contributed by atoms with Crippen LogP contribution in [0.4, 0.5) is 5.69 Å². The van der Waals surface area contributed by atoms with Crippen molar-refractivity contribution < 1.29 is 14.3 Å². The van der Waals surface area contributed by atoms with Crippen LogP contribution in [0.1, 0.15) is 12.8 Å². The summed E-state index contributed by atoms with van der Waals surface area (Å²) in [5.74, 6) is 0.624. The summed E-state index contributed by atoms with van der Waals surface area (Å²) in [7, 11) is 1.56. The van der Waals surface area contributed by atoms with Crippen molar-refractivity contribution in [1.29, 1.82) is 0 Å². The van der Waals surface area contributed by atoms with E-state index in [4.69, 9.17) is 21.1 Å². The van der Waals surface area contributed by atoms with Crippen LogP contribution >= 0.6 is 23.4 Å². The Morgan fingerprint density at radius 2 is 2.16 bits per heavy atom. The van der Waals surface area contributed by atoms with E-state index in [-0.39, 0.29) is 17.8 Å². The lowest BCUT2D eigenvalue weighted by Crippen LogP contribution is -2.18. The van der Waals surface area contributed by atoms with Gasteiger partial charge in [0, 0.05) is 11.6 Å². The Balaban J connectivity index is 1.49. The van der Waals surface area contributed by atoms with Crippen LogP contribution in [-0.4, -0.2) is 41.0 Å². The summed E-state index contributed by atoms with van der Waals surface area (Å²) in [6.07, 6.45) is 4.14.